The SMILES string of the molecule is COc1ccc(C)cc1NC(=O)c1ccc(-n2nnnc2[C@H]2c3c(cc4c(c3OC)OCO4)CCN2C)cc1. The number of nitrogens with zero attached hydrogens (tertiary/aromatic N) is 5. The van der Waals surface area contributed by atoms with Gasteiger partial charge in [0.25, 0.3) is 5.91 Å². The molecule has 0 radical (unpaired) electrons. The van der Waals surface area contributed by atoms with Crippen LogP contribution < -0.4 is 24.3 Å². The molecular weight excluding hydrogens is 500 g/mol. The van der Waals surface area contributed by atoms with Gasteiger partial charge >= 0.3 is 0 Å². The van der Waals surface area contributed by atoms with E-state index in [1.807, 2.05) is 50.4 Å². The summed E-state index contributed by atoms with van der Waals surface area (Å²) in [4.78, 5) is 15.2. The molecule has 0 fully saturated rings. The molecule has 1 atom stereocenters. The highest BCUT2D eigenvalue weighted by Gasteiger charge is 2.37. The molecule has 0 saturated heterocycles. The van der Waals surface area contributed by atoms with E-state index in [0.717, 1.165) is 35.3 Å². The van der Waals surface area contributed by atoms with E-state index in [9.17, 15) is 4.79 Å². The summed E-state index contributed by atoms with van der Waals surface area (Å²) >= 11 is 0. The number of carbonyl (C=O) groups excluding carboxylic acids is 1. The summed E-state index contributed by atoms with van der Waals surface area (Å²) in [5.74, 6) is 2.88. The number of nitrogens with one attached hydrogen (secondary N) is 1. The number of benzene rings is 3. The maximum Gasteiger partial charge on any atom is 0.255 e. The number of anilines is 1. The van der Waals surface area contributed by atoms with Crippen molar-refractivity contribution in [1.82, 2.24) is 25.1 Å². The lowest BCUT2D eigenvalue weighted by molar-refractivity contribution is 0.102. The first-order valence-corrected chi connectivity index (χ1v) is 12.5. The first kappa shape index (κ1) is 24.7. The molecule has 0 bridgehead atoms. The minimum atomic E-state index is -0.287. The van der Waals surface area contributed by atoms with E-state index >= 15 is 0 Å². The number of fused-ring (bicyclic) bond motifs is 2. The standard InChI is InChI=1S/C28H28N6O5/c1-16-5-10-21(36-3)20(13-16)29-28(35)17-6-8-19(9-7-17)34-27(30-31-32-34)24-23-18(11-12-33(24)2)14-22-25(26(23)37-4)39-15-38-22/h5-10,13-14,24H,11-12,15H2,1-4H3,(H,29,35)/t24-/m1/s1. The van der Waals surface area contributed by atoms with Crippen LogP contribution in [0, 0.1) is 6.92 Å². The van der Waals surface area contributed by atoms with Crippen molar-refractivity contribution in [3.63, 3.8) is 0 Å². The van der Waals surface area contributed by atoms with Crippen LogP contribution in [0.5, 0.6) is 23.0 Å². The molecule has 1 amide bonds. The normalized spacial score (nSPS) is 16.1. The van der Waals surface area contributed by atoms with E-state index in [-0.39, 0.29) is 18.7 Å². The number of carbonyl (C=O) groups is 1. The maximum atomic E-state index is 13.0. The third-order valence-corrected chi connectivity index (χ3v) is 7.11. The second-order valence-electron chi connectivity index (χ2n) is 9.50. The van der Waals surface area contributed by atoms with E-state index in [2.05, 4.69) is 25.7 Å². The summed E-state index contributed by atoms with van der Waals surface area (Å²) in [6.07, 6.45) is 0.826. The van der Waals surface area contributed by atoms with Gasteiger partial charge in [0.2, 0.25) is 12.5 Å². The monoisotopic (exact) mass is 528 g/mol. The van der Waals surface area contributed by atoms with E-state index in [0.29, 0.717) is 40.1 Å². The van der Waals surface area contributed by atoms with Gasteiger partial charge in [0.15, 0.2) is 17.3 Å². The minimum Gasteiger partial charge on any atom is -0.495 e. The number of likely N-dealkylation sites (N-methyl/N-ethyl adjacent to an activating group) is 1. The number of tetrazole rings is 1. The van der Waals surface area contributed by atoms with Gasteiger partial charge in [0.1, 0.15) is 11.8 Å². The Bertz CT molecular complexity index is 1550. The van der Waals surface area contributed by atoms with Crippen LogP contribution in [-0.2, 0) is 6.42 Å². The first-order chi connectivity index (χ1) is 19.0. The van der Waals surface area contributed by atoms with Gasteiger partial charge in [-0.15, -0.1) is 5.10 Å². The van der Waals surface area contributed by atoms with E-state index in [1.54, 1.807) is 31.0 Å². The molecule has 39 heavy (non-hydrogen) atoms. The molecular formula is C28H28N6O5. The molecule has 0 aliphatic carbocycles. The number of aromatic nitrogens is 4. The third kappa shape index (κ3) is 4.30. The Kier molecular flexibility index (Phi) is 6.27. The summed E-state index contributed by atoms with van der Waals surface area (Å²) in [6.45, 7) is 2.91. The van der Waals surface area contributed by atoms with E-state index < -0.39 is 0 Å². The van der Waals surface area contributed by atoms with Gasteiger partial charge in [0.05, 0.1) is 25.6 Å². The lowest BCUT2D eigenvalue weighted by Gasteiger charge is -2.34. The fraction of sp³-hybridized carbons (Fsp3) is 0.286. The molecule has 1 aromatic heterocycles. The molecule has 0 saturated carbocycles. The predicted octanol–water partition coefficient (Wildman–Crippen LogP) is 3.55. The molecule has 0 unspecified atom stereocenters. The fourth-order valence-electron chi connectivity index (χ4n) is 5.18. The van der Waals surface area contributed by atoms with Gasteiger partial charge in [-0.25, -0.2) is 0 Å². The Morgan fingerprint density at radius 1 is 1.08 bits per heavy atom. The largest absolute Gasteiger partial charge is 0.495 e. The van der Waals surface area contributed by atoms with Crippen molar-refractivity contribution in [3.8, 4) is 28.7 Å². The second-order valence-corrected chi connectivity index (χ2v) is 9.50. The Balaban J connectivity index is 1.32. The average molecular weight is 529 g/mol. The first-order valence-electron chi connectivity index (χ1n) is 12.5. The zero-order chi connectivity index (χ0) is 27.1. The number of methoxy groups -OCH3 is 2. The summed E-state index contributed by atoms with van der Waals surface area (Å²) < 4.78 is 24.3. The Hall–Kier alpha value is -4.64. The van der Waals surface area contributed by atoms with Crippen molar-refractivity contribution < 1.29 is 23.7 Å². The molecule has 2 aliphatic rings. The molecule has 3 aromatic carbocycles. The van der Waals surface area contributed by atoms with Crippen LogP contribution in [0.3, 0.4) is 0 Å². The summed E-state index contributed by atoms with van der Waals surface area (Å²) in [5, 5.41) is 15.6. The minimum absolute atomic E-state index is 0.156. The quantitative estimate of drug-likeness (QED) is 0.401. The molecule has 4 aromatic rings. The topological polar surface area (TPSA) is 113 Å². The van der Waals surface area contributed by atoms with Crippen molar-refractivity contribution in [1.29, 1.82) is 0 Å². The molecule has 2 aliphatic heterocycles. The van der Waals surface area contributed by atoms with E-state index in [4.69, 9.17) is 18.9 Å². The lowest BCUT2D eigenvalue weighted by atomic mass is 9.90. The molecule has 6 rings (SSSR count). The molecule has 0 spiro atoms. The number of aryl methyl sites for hydroxylation is 1. The van der Waals surface area contributed by atoms with Crippen molar-refractivity contribution >= 4 is 11.6 Å². The molecule has 200 valence electrons. The van der Waals surface area contributed by atoms with Gasteiger partial charge in [-0.1, -0.05) is 6.07 Å². The van der Waals surface area contributed by atoms with Crippen LogP contribution in [0.2, 0.25) is 0 Å². The number of rotatable bonds is 6. The average Bonchev–Trinajstić information content (AvgIpc) is 3.62. The predicted molar refractivity (Wildman–Crippen MR) is 142 cm³/mol. The van der Waals surface area contributed by atoms with Crippen LogP contribution in [0.25, 0.3) is 5.69 Å². The zero-order valence-corrected chi connectivity index (χ0v) is 22.1. The Morgan fingerprint density at radius 2 is 1.90 bits per heavy atom. The Labute approximate surface area is 225 Å². The van der Waals surface area contributed by atoms with Crippen molar-refractivity contribution in [3.05, 3.63) is 76.6 Å². The highest BCUT2D eigenvalue weighted by molar-refractivity contribution is 6.05. The van der Waals surface area contributed by atoms with Crippen LogP contribution >= 0.6 is 0 Å². The number of hydrogen-bond donors (Lipinski definition) is 1. The van der Waals surface area contributed by atoms with Crippen LogP contribution in [0.15, 0.2) is 48.5 Å². The maximum absolute atomic E-state index is 13.0. The van der Waals surface area contributed by atoms with Gasteiger partial charge < -0.3 is 24.3 Å². The lowest BCUT2D eigenvalue weighted by Crippen LogP contribution is -2.35. The third-order valence-electron chi connectivity index (χ3n) is 7.11. The van der Waals surface area contributed by atoms with Crippen LogP contribution in [-0.4, -0.2) is 65.6 Å². The molecule has 3 heterocycles. The number of amides is 1. The molecule has 1 N–H and O–H groups in total. The van der Waals surface area contributed by atoms with Crippen LogP contribution in [0.1, 0.15) is 38.9 Å². The fourth-order valence-corrected chi connectivity index (χ4v) is 5.18. The number of ether oxygens (including phenoxy) is 4. The van der Waals surface area contributed by atoms with Gasteiger partial charge in [-0.2, -0.15) is 4.68 Å². The molecule has 11 heteroatoms. The van der Waals surface area contributed by atoms with Crippen molar-refractivity contribution in [2.75, 3.05) is 39.9 Å². The van der Waals surface area contributed by atoms with E-state index in [1.165, 1.54) is 0 Å². The summed E-state index contributed by atoms with van der Waals surface area (Å²) in [7, 11) is 5.23. The van der Waals surface area contributed by atoms with Gasteiger partial charge in [0, 0.05) is 17.7 Å². The molecule has 11 nitrogen and oxygen atoms in total. The van der Waals surface area contributed by atoms with Gasteiger partial charge in [-0.05, 0) is 84.4 Å². The highest BCUT2D eigenvalue weighted by Crippen LogP contribution is 2.50. The number of hydrogen-bond acceptors (Lipinski definition) is 9. The van der Waals surface area contributed by atoms with Crippen LogP contribution in [0.4, 0.5) is 5.69 Å². The second kappa shape index (κ2) is 9.91. The highest BCUT2D eigenvalue weighted by atomic mass is 16.7. The smallest absolute Gasteiger partial charge is 0.255 e. The Morgan fingerprint density at radius 3 is 2.67 bits per heavy atom. The van der Waals surface area contributed by atoms with Crippen molar-refractivity contribution in [2.24, 2.45) is 0 Å². The van der Waals surface area contributed by atoms with Gasteiger partial charge in [-0.3, -0.25) is 9.69 Å². The zero-order valence-electron chi connectivity index (χ0n) is 22.1. The summed E-state index contributed by atoms with van der Waals surface area (Å²) in [6, 6.07) is 14.5. The summed E-state index contributed by atoms with van der Waals surface area (Å²) in [5.41, 5.74) is 4.90. The van der Waals surface area contributed by atoms with Crippen molar-refractivity contribution in [2.45, 2.75) is 19.4 Å².